The third-order valence-corrected chi connectivity index (χ3v) is 6.95. The van der Waals surface area contributed by atoms with Gasteiger partial charge < -0.3 is 25.3 Å². The lowest BCUT2D eigenvalue weighted by Crippen LogP contribution is -2.45. The summed E-state index contributed by atoms with van der Waals surface area (Å²) < 4.78 is 0. The van der Waals surface area contributed by atoms with Crippen molar-refractivity contribution in [2.24, 2.45) is 0 Å². The van der Waals surface area contributed by atoms with Gasteiger partial charge in [-0.1, -0.05) is 29.8 Å². The van der Waals surface area contributed by atoms with Crippen molar-refractivity contribution in [1.82, 2.24) is 14.7 Å². The maximum atomic E-state index is 13.5. The molecule has 0 bridgehead atoms. The minimum Gasteiger partial charge on any atom is -0.398 e. The SMILES string of the molecule is C[C@H](c1ccc(Cl)cc1N)N1CC(=O)N(CCCN2CCN(C)CC2)c2ccccc2C1=O. The van der Waals surface area contributed by atoms with Gasteiger partial charge in [-0.3, -0.25) is 9.59 Å². The number of fused-ring (bicyclic) bond motifs is 1. The molecule has 176 valence electrons. The summed E-state index contributed by atoms with van der Waals surface area (Å²) in [6.45, 7) is 7.67. The van der Waals surface area contributed by atoms with Crippen LogP contribution in [0.25, 0.3) is 0 Å². The molecule has 2 aromatic rings. The number of nitrogens with two attached hydrogens (primary N) is 1. The van der Waals surface area contributed by atoms with Gasteiger partial charge in [0.05, 0.1) is 17.3 Å². The summed E-state index contributed by atoms with van der Waals surface area (Å²) >= 11 is 6.06. The molecule has 4 rings (SSSR count). The second-order valence-corrected chi connectivity index (χ2v) is 9.38. The minimum atomic E-state index is -0.364. The number of para-hydroxylation sites is 1. The lowest BCUT2D eigenvalue weighted by molar-refractivity contribution is -0.119. The highest BCUT2D eigenvalue weighted by Gasteiger charge is 2.34. The topological polar surface area (TPSA) is 73.1 Å². The monoisotopic (exact) mass is 469 g/mol. The maximum Gasteiger partial charge on any atom is 0.256 e. The Morgan fingerprint density at radius 2 is 1.76 bits per heavy atom. The van der Waals surface area contributed by atoms with Gasteiger partial charge in [0, 0.05) is 43.4 Å². The number of halogens is 1. The molecule has 1 atom stereocenters. The molecule has 0 unspecified atom stereocenters. The molecule has 2 aliphatic rings. The van der Waals surface area contributed by atoms with E-state index in [0.29, 0.717) is 28.5 Å². The molecule has 8 heteroatoms. The number of hydrogen-bond donors (Lipinski definition) is 1. The Morgan fingerprint density at radius 3 is 2.48 bits per heavy atom. The van der Waals surface area contributed by atoms with Gasteiger partial charge in [-0.25, -0.2) is 0 Å². The molecular weight excluding hydrogens is 438 g/mol. The number of piperazine rings is 1. The number of rotatable bonds is 6. The predicted octanol–water partition coefficient (Wildman–Crippen LogP) is 3.11. The summed E-state index contributed by atoms with van der Waals surface area (Å²) in [7, 11) is 2.14. The van der Waals surface area contributed by atoms with Crippen LogP contribution in [0, 0.1) is 0 Å². The van der Waals surface area contributed by atoms with Gasteiger partial charge in [-0.15, -0.1) is 0 Å². The molecule has 2 aromatic carbocycles. The van der Waals surface area contributed by atoms with Crippen LogP contribution in [-0.4, -0.2) is 79.4 Å². The first-order valence-electron chi connectivity index (χ1n) is 11.5. The van der Waals surface area contributed by atoms with Crippen LogP contribution in [0.4, 0.5) is 11.4 Å². The maximum absolute atomic E-state index is 13.5. The Bertz CT molecular complexity index is 1020. The Kier molecular flexibility index (Phi) is 7.22. The van der Waals surface area contributed by atoms with Crippen LogP contribution in [0.5, 0.6) is 0 Å². The molecule has 7 nitrogen and oxygen atoms in total. The average Bonchev–Trinajstić information content (AvgIpc) is 2.90. The van der Waals surface area contributed by atoms with Crippen LogP contribution in [0.2, 0.25) is 5.02 Å². The Labute approximate surface area is 200 Å². The van der Waals surface area contributed by atoms with Crippen LogP contribution in [0.15, 0.2) is 42.5 Å². The van der Waals surface area contributed by atoms with Gasteiger partial charge in [0.25, 0.3) is 5.91 Å². The number of amides is 2. The first-order chi connectivity index (χ1) is 15.8. The number of nitrogens with zero attached hydrogens (tertiary/aromatic N) is 4. The summed E-state index contributed by atoms with van der Waals surface area (Å²) in [4.78, 5) is 35.1. The zero-order chi connectivity index (χ0) is 23.5. The summed E-state index contributed by atoms with van der Waals surface area (Å²) in [6, 6.07) is 12.3. The van der Waals surface area contributed by atoms with E-state index in [1.54, 1.807) is 28.0 Å². The fourth-order valence-corrected chi connectivity index (χ4v) is 4.84. The number of anilines is 2. The molecule has 0 spiro atoms. The van der Waals surface area contributed by atoms with E-state index in [9.17, 15) is 9.59 Å². The summed E-state index contributed by atoms with van der Waals surface area (Å²) in [5, 5.41) is 0.540. The van der Waals surface area contributed by atoms with E-state index in [0.717, 1.165) is 44.7 Å². The van der Waals surface area contributed by atoms with Crippen molar-refractivity contribution in [3.05, 3.63) is 58.6 Å². The van der Waals surface area contributed by atoms with E-state index in [1.165, 1.54) is 0 Å². The Hall–Kier alpha value is -2.61. The molecule has 1 fully saturated rings. The van der Waals surface area contributed by atoms with Crippen molar-refractivity contribution in [2.45, 2.75) is 19.4 Å². The van der Waals surface area contributed by atoms with Crippen molar-refractivity contribution in [2.75, 3.05) is 63.5 Å². The van der Waals surface area contributed by atoms with Gasteiger partial charge in [0.15, 0.2) is 0 Å². The number of carbonyl (C=O) groups excluding carboxylic acids is 2. The smallest absolute Gasteiger partial charge is 0.256 e. The quantitative estimate of drug-likeness (QED) is 0.658. The average molecular weight is 470 g/mol. The van der Waals surface area contributed by atoms with Gasteiger partial charge in [0.1, 0.15) is 6.54 Å². The second-order valence-electron chi connectivity index (χ2n) is 8.94. The molecule has 0 aromatic heterocycles. The van der Waals surface area contributed by atoms with E-state index < -0.39 is 0 Å². The number of nitrogen functional groups attached to an aromatic ring is 1. The molecule has 1 saturated heterocycles. The number of benzene rings is 2. The van der Waals surface area contributed by atoms with E-state index >= 15 is 0 Å². The van der Waals surface area contributed by atoms with Crippen molar-refractivity contribution < 1.29 is 9.59 Å². The Balaban J connectivity index is 1.53. The summed E-state index contributed by atoms with van der Waals surface area (Å²) in [5.74, 6) is -0.242. The van der Waals surface area contributed by atoms with E-state index in [4.69, 9.17) is 17.3 Å². The summed E-state index contributed by atoms with van der Waals surface area (Å²) in [5.41, 5.74) is 8.71. The van der Waals surface area contributed by atoms with E-state index in [-0.39, 0.29) is 24.4 Å². The molecule has 2 heterocycles. The highest BCUT2D eigenvalue weighted by Crippen LogP contribution is 2.33. The van der Waals surface area contributed by atoms with Crippen molar-refractivity contribution in [3.63, 3.8) is 0 Å². The van der Waals surface area contributed by atoms with E-state index in [2.05, 4.69) is 16.8 Å². The molecular formula is C25H32ClN5O2. The minimum absolute atomic E-state index is 0.00521. The van der Waals surface area contributed by atoms with Gasteiger partial charge in [-0.05, 0) is 56.8 Å². The molecule has 2 amide bonds. The number of likely N-dealkylation sites (N-methyl/N-ethyl adjacent to an activating group) is 1. The number of hydrogen-bond acceptors (Lipinski definition) is 5. The molecule has 2 N–H and O–H groups in total. The lowest BCUT2D eigenvalue weighted by atomic mass is 10.0. The van der Waals surface area contributed by atoms with Crippen LogP contribution in [-0.2, 0) is 4.79 Å². The van der Waals surface area contributed by atoms with Crippen LogP contribution in [0.3, 0.4) is 0 Å². The highest BCUT2D eigenvalue weighted by atomic mass is 35.5. The van der Waals surface area contributed by atoms with Gasteiger partial charge in [-0.2, -0.15) is 0 Å². The van der Waals surface area contributed by atoms with Crippen LogP contribution >= 0.6 is 11.6 Å². The largest absolute Gasteiger partial charge is 0.398 e. The molecule has 0 aliphatic carbocycles. The second kappa shape index (κ2) is 10.1. The van der Waals surface area contributed by atoms with Gasteiger partial charge in [0.2, 0.25) is 5.91 Å². The zero-order valence-corrected chi connectivity index (χ0v) is 20.1. The standard InChI is InChI=1S/C25H32ClN5O2/c1-18(20-9-8-19(26)16-22(20)27)31-17-24(32)30(23-7-4-3-6-21(23)25(31)33)11-5-10-29-14-12-28(2)13-15-29/h3-4,6-9,16,18H,5,10-15,17,27H2,1-2H3/t18-/m1/s1. The third-order valence-electron chi connectivity index (χ3n) is 6.71. The third kappa shape index (κ3) is 5.16. The molecule has 0 radical (unpaired) electrons. The number of carbonyl (C=O) groups is 2. The van der Waals surface area contributed by atoms with Gasteiger partial charge >= 0.3 is 0 Å². The lowest BCUT2D eigenvalue weighted by Gasteiger charge is -2.33. The highest BCUT2D eigenvalue weighted by molar-refractivity contribution is 6.30. The zero-order valence-electron chi connectivity index (χ0n) is 19.3. The van der Waals surface area contributed by atoms with Crippen LogP contribution in [0.1, 0.15) is 35.3 Å². The van der Waals surface area contributed by atoms with Crippen molar-refractivity contribution in [1.29, 1.82) is 0 Å². The fraction of sp³-hybridized carbons (Fsp3) is 0.440. The van der Waals surface area contributed by atoms with E-state index in [1.807, 2.05) is 31.2 Å². The molecule has 33 heavy (non-hydrogen) atoms. The predicted molar refractivity (Wildman–Crippen MR) is 133 cm³/mol. The fourth-order valence-electron chi connectivity index (χ4n) is 4.66. The molecule has 0 saturated carbocycles. The first-order valence-corrected chi connectivity index (χ1v) is 11.9. The van der Waals surface area contributed by atoms with Crippen molar-refractivity contribution in [3.8, 4) is 0 Å². The molecule has 2 aliphatic heterocycles. The summed E-state index contributed by atoms with van der Waals surface area (Å²) in [6.07, 6.45) is 0.859. The first kappa shape index (κ1) is 23.5. The van der Waals surface area contributed by atoms with Crippen LogP contribution < -0.4 is 10.6 Å². The normalized spacial score (nSPS) is 18.9. The van der Waals surface area contributed by atoms with Crippen molar-refractivity contribution >= 4 is 34.8 Å². The Morgan fingerprint density at radius 1 is 1.03 bits per heavy atom.